The molecule has 0 N–H and O–H groups in total. The summed E-state index contributed by atoms with van der Waals surface area (Å²) < 4.78 is 12.9. The highest BCUT2D eigenvalue weighted by Gasteiger charge is 2.19. The average Bonchev–Trinajstić information content (AvgIpc) is 2.87. The molecular weight excluding hydrogens is 532 g/mol. The fourth-order valence-corrected chi connectivity index (χ4v) is 5.09. The standard InChI is InChI=1S/C26H17BrN2O5S/c1-33-22-13-16(27)11-15-12-19(25(32)34-23(15)22)21(30)14-35-26-28-20-10-6-5-9-18(20)24(31)29(26)17-7-3-2-4-8-17/h2-13H,14H2,1H3. The molecule has 0 aliphatic rings. The molecule has 0 spiro atoms. The molecule has 0 saturated carbocycles. The summed E-state index contributed by atoms with van der Waals surface area (Å²) in [4.78, 5) is 43.6. The lowest BCUT2D eigenvalue weighted by Crippen LogP contribution is -2.22. The predicted molar refractivity (Wildman–Crippen MR) is 139 cm³/mol. The van der Waals surface area contributed by atoms with Crippen LogP contribution in [0.3, 0.4) is 0 Å². The summed E-state index contributed by atoms with van der Waals surface area (Å²) in [5, 5.41) is 1.37. The van der Waals surface area contributed by atoms with Crippen LogP contribution in [0, 0.1) is 0 Å². The maximum absolute atomic E-state index is 13.3. The minimum atomic E-state index is -0.754. The van der Waals surface area contributed by atoms with Gasteiger partial charge in [-0.1, -0.05) is 58.0 Å². The largest absolute Gasteiger partial charge is 0.493 e. The van der Waals surface area contributed by atoms with Crippen LogP contribution in [0.25, 0.3) is 27.6 Å². The van der Waals surface area contributed by atoms with E-state index in [9.17, 15) is 14.4 Å². The molecule has 0 bridgehead atoms. The van der Waals surface area contributed by atoms with Gasteiger partial charge in [0.2, 0.25) is 0 Å². The molecular formula is C26H17BrN2O5S. The van der Waals surface area contributed by atoms with E-state index in [4.69, 9.17) is 9.15 Å². The number of hydrogen-bond acceptors (Lipinski definition) is 7. The number of Topliss-reactive ketones (excluding diaryl/α,β-unsaturated/α-hetero) is 1. The van der Waals surface area contributed by atoms with E-state index in [2.05, 4.69) is 20.9 Å². The Hall–Kier alpha value is -3.69. The molecule has 0 unspecified atom stereocenters. The molecule has 2 aromatic heterocycles. The van der Waals surface area contributed by atoms with Gasteiger partial charge in [0.1, 0.15) is 5.56 Å². The summed E-state index contributed by atoms with van der Waals surface area (Å²) in [6.45, 7) is 0. The van der Waals surface area contributed by atoms with Crippen molar-refractivity contribution in [2.75, 3.05) is 12.9 Å². The Morgan fingerprint density at radius 3 is 2.57 bits per heavy atom. The van der Waals surface area contributed by atoms with Gasteiger partial charge in [0, 0.05) is 9.86 Å². The van der Waals surface area contributed by atoms with Crippen LogP contribution in [0.15, 0.2) is 96.4 Å². The third-order valence-corrected chi connectivity index (χ3v) is 6.77. The maximum atomic E-state index is 13.3. The number of carbonyl (C=O) groups is 1. The number of ether oxygens (including phenoxy) is 1. The SMILES string of the molecule is COc1cc(Br)cc2cc(C(=O)CSc3nc4ccccc4c(=O)n3-c3ccccc3)c(=O)oc12. The molecule has 0 aliphatic heterocycles. The van der Waals surface area contributed by atoms with Crippen molar-refractivity contribution in [3.8, 4) is 11.4 Å². The summed E-state index contributed by atoms with van der Waals surface area (Å²) in [5.74, 6) is -0.169. The van der Waals surface area contributed by atoms with Gasteiger partial charge in [0.25, 0.3) is 5.56 Å². The second-order valence-corrected chi connectivity index (χ2v) is 9.43. The Bertz CT molecular complexity index is 1710. The summed E-state index contributed by atoms with van der Waals surface area (Å²) in [5.41, 5.74) is 0.350. The number of ketones is 1. The molecule has 2 heterocycles. The number of hydrogen-bond donors (Lipinski definition) is 0. The van der Waals surface area contributed by atoms with E-state index in [0.717, 1.165) is 16.2 Å². The lowest BCUT2D eigenvalue weighted by molar-refractivity contribution is 0.101. The van der Waals surface area contributed by atoms with Gasteiger partial charge >= 0.3 is 5.63 Å². The fraction of sp³-hybridized carbons (Fsp3) is 0.0769. The monoisotopic (exact) mass is 548 g/mol. The van der Waals surface area contributed by atoms with Gasteiger partial charge < -0.3 is 9.15 Å². The zero-order valence-electron chi connectivity index (χ0n) is 18.4. The summed E-state index contributed by atoms with van der Waals surface area (Å²) in [7, 11) is 1.47. The average molecular weight is 549 g/mol. The zero-order valence-corrected chi connectivity index (χ0v) is 20.8. The molecule has 35 heavy (non-hydrogen) atoms. The minimum Gasteiger partial charge on any atom is -0.493 e. The van der Waals surface area contributed by atoms with E-state index in [1.54, 1.807) is 48.5 Å². The van der Waals surface area contributed by atoms with Crippen LogP contribution in [-0.2, 0) is 0 Å². The van der Waals surface area contributed by atoms with Crippen LogP contribution in [0.1, 0.15) is 10.4 Å². The second kappa shape index (κ2) is 9.52. The highest BCUT2D eigenvalue weighted by Crippen LogP contribution is 2.30. The van der Waals surface area contributed by atoms with Crippen molar-refractivity contribution in [1.82, 2.24) is 9.55 Å². The number of fused-ring (bicyclic) bond motifs is 2. The Morgan fingerprint density at radius 1 is 1.06 bits per heavy atom. The number of nitrogens with zero attached hydrogens (tertiary/aromatic N) is 2. The highest BCUT2D eigenvalue weighted by atomic mass is 79.9. The van der Waals surface area contributed by atoms with Gasteiger partial charge in [0.15, 0.2) is 22.3 Å². The number of aromatic nitrogens is 2. The van der Waals surface area contributed by atoms with Crippen molar-refractivity contribution in [1.29, 1.82) is 0 Å². The summed E-state index contributed by atoms with van der Waals surface area (Å²) >= 11 is 4.48. The Morgan fingerprint density at radius 2 is 1.80 bits per heavy atom. The summed E-state index contributed by atoms with van der Waals surface area (Å²) in [6, 6.07) is 21.1. The first-order valence-electron chi connectivity index (χ1n) is 10.5. The fourth-order valence-electron chi connectivity index (χ4n) is 3.74. The minimum absolute atomic E-state index is 0.0837. The molecule has 0 saturated heterocycles. The molecule has 5 aromatic rings. The Kier molecular flexibility index (Phi) is 6.27. The first-order chi connectivity index (χ1) is 17.0. The number of carbonyl (C=O) groups excluding carboxylic acids is 1. The number of halogens is 1. The summed E-state index contributed by atoms with van der Waals surface area (Å²) in [6.07, 6.45) is 0. The maximum Gasteiger partial charge on any atom is 0.347 e. The van der Waals surface area contributed by atoms with Gasteiger partial charge in [-0.3, -0.25) is 14.2 Å². The normalized spacial score (nSPS) is 11.1. The number of rotatable bonds is 6. The van der Waals surface area contributed by atoms with Crippen molar-refractivity contribution in [2.24, 2.45) is 0 Å². The van der Waals surface area contributed by atoms with Crippen LogP contribution >= 0.6 is 27.7 Å². The molecule has 0 fully saturated rings. The van der Waals surface area contributed by atoms with Gasteiger partial charge in [0.05, 0.1) is 29.5 Å². The quantitative estimate of drug-likeness (QED) is 0.124. The topological polar surface area (TPSA) is 91.4 Å². The van der Waals surface area contributed by atoms with E-state index >= 15 is 0 Å². The van der Waals surface area contributed by atoms with Crippen LogP contribution in [0.2, 0.25) is 0 Å². The molecule has 0 atom stereocenters. The number of para-hydroxylation sites is 2. The van der Waals surface area contributed by atoms with Crippen LogP contribution in [0.4, 0.5) is 0 Å². The number of methoxy groups -OCH3 is 1. The number of benzene rings is 3. The van der Waals surface area contributed by atoms with Crippen LogP contribution in [0.5, 0.6) is 5.75 Å². The first-order valence-corrected chi connectivity index (χ1v) is 12.3. The molecule has 0 amide bonds. The van der Waals surface area contributed by atoms with Crippen molar-refractivity contribution in [2.45, 2.75) is 5.16 Å². The van der Waals surface area contributed by atoms with Gasteiger partial charge in [-0.25, -0.2) is 9.78 Å². The lowest BCUT2D eigenvalue weighted by Gasteiger charge is -2.13. The highest BCUT2D eigenvalue weighted by molar-refractivity contribution is 9.10. The molecule has 174 valence electrons. The van der Waals surface area contributed by atoms with Gasteiger partial charge in [-0.2, -0.15) is 0 Å². The Labute approximate surface area is 211 Å². The number of thioether (sulfide) groups is 1. The van der Waals surface area contributed by atoms with Gasteiger partial charge in [-0.15, -0.1) is 0 Å². The van der Waals surface area contributed by atoms with Crippen LogP contribution in [-0.4, -0.2) is 28.2 Å². The third kappa shape index (κ3) is 4.40. The van der Waals surface area contributed by atoms with Crippen molar-refractivity contribution < 1.29 is 13.9 Å². The molecule has 5 rings (SSSR count). The first kappa shape index (κ1) is 23.1. The van der Waals surface area contributed by atoms with Crippen molar-refractivity contribution in [3.05, 3.63) is 104 Å². The van der Waals surface area contributed by atoms with E-state index in [1.807, 2.05) is 18.2 Å². The predicted octanol–water partition coefficient (Wildman–Crippen LogP) is 5.24. The molecule has 9 heteroatoms. The molecule has 0 radical (unpaired) electrons. The second-order valence-electron chi connectivity index (χ2n) is 7.57. The smallest absolute Gasteiger partial charge is 0.347 e. The van der Waals surface area contributed by atoms with E-state index in [0.29, 0.717) is 32.9 Å². The molecule has 3 aromatic carbocycles. The third-order valence-electron chi connectivity index (χ3n) is 5.37. The zero-order chi connectivity index (χ0) is 24.5. The van der Waals surface area contributed by atoms with Gasteiger partial charge in [-0.05, 0) is 42.5 Å². The molecule has 7 nitrogen and oxygen atoms in total. The van der Waals surface area contributed by atoms with E-state index in [1.165, 1.54) is 17.7 Å². The van der Waals surface area contributed by atoms with E-state index < -0.39 is 11.4 Å². The molecule has 0 aliphatic carbocycles. The van der Waals surface area contributed by atoms with Crippen molar-refractivity contribution >= 4 is 55.3 Å². The van der Waals surface area contributed by atoms with Crippen molar-refractivity contribution in [3.63, 3.8) is 0 Å². The van der Waals surface area contributed by atoms with E-state index in [-0.39, 0.29) is 22.5 Å². The lowest BCUT2D eigenvalue weighted by atomic mass is 10.1. The van der Waals surface area contributed by atoms with Crippen LogP contribution < -0.4 is 15.9 Å². The Balaban J connectivity index is 1.54.